The van der Waals surface area contributed by atoms with E-state index >= 15 is 0 Å². The maximum atomic E-state index is 6.00. The number of nitrogens with two attached hydrogens (primary N) is 2. The molecule has 0 aliphatic heterocycles. The second-order valence-electron chi connectivity index (χ2n) is 5.98. The van der Waals surface area contributed by atoms with Gasteiger partial charge in [0.25, 0.3) is 0 Å². The molecule has 3 aromatic heterocycles. The molecule has 0 saturated heterocycles. The van der Waals surface area contributed by atoms with Gasteiger partial charge in [-0.05, 0) is 30.9 Å². The lowest BCUT2D eigenvalue weighted by molar-refractivity contribution is 0.426. The molecular formula is C16H18N6S. The largest absolute Gasteiger partial charge is 0.396 e. The molecule has 0 bridgehead atoms. The van der Waals surface area contributed by atoms with E-state index in [9.17, 15) is 0 Å². The lowest BCUT2D eigenvalue weighted by Gasteiger charge is -2.23. The molecule has 0 amide bonds. The van der Waals surface area contributed by atoms with Gasteiger partial charge < -0.3 is 5.73 Å². The highest BCUT2D eigenvalue weighted by Crippen LogP contribution is 2.41. The van der Waals surface area contributed by atoms with Crippen molar-refractivity contribution in [2.45, 2.75) is 25.2 Å². The van der Waals surface area contributed by atoms with E-state index in [1.165, 1.54) is 29.1 Å². The van der Waals surface area contributed by atoms with E-state index < -0.39 is 0 Å². The van der Waals surface area contributed by atoms with Crippen LogP contribution in [0.5, 0.6) is 0 Å². The van der Waals surface area contributed by atoms with Crippen molar-refractivity contribution in [2.75, 3.05) is 17.8 Å². The van der Waals surface area contributed by atoms with Crippen molar-refractivity contribution in [2.24, 2.45) is 5.84 Å². The van der Waals surface area contributed by atoms with Gasteiger partial charge in [-0.25, -0.2) is 20.8 Å². The standard InChI is InChI=1S/C16H18N6S/c1-22(18)15-12(17)5-10(7-20-15)14-19-8-11-6-13(9-3-2-4-9)23-16(11)21-14/h5-9H,2-4,17-18H2,1H3. The molecule has 3 aromatic rings. The quantitative estimate of drug-likeness (QED) is 0.568. The Morgan fingerprint density at radius 2 is 2.04 bits per heavy atom. The number of nitrogen functional groups attached to an aromatic ring is 1. The molecule has 6 nitrogen and oxygen atoms in total. The van der Waals surface area contributed by atoms with Crippen LogP contribution in [0.1, 0.15) is 30.1 Å². The van der Waals surface area contributed by atoms with Crippen molar-refractivity contribution >= 4 is 33.1 Å². The zero-order valence-corrected chi connectivity index (χ0v) is 13.7. The molecule has 0 radical (unpaired) electrons. The Balaban J connectivity index is 1.72. The van der Waals surface area contributed by atoms with Gasteiger partial charge in [0, 0.05) is 35.3 Å². The Bertz CT molecular complexity index is 868. The lowest BCUT2D eigenvalue weighted by Crippen LogP contribution is -2.27. The highest BCUT2D eigenvalue weighted by Gasteiger charge is 2.22. The molecule has 1 aliphatic rings. The normalized spacial score (nSPS) is 14.9. The number of hydrogen-bond donors (Lipinski definition) is 2. The van der Waals surface area contributed by atoms with E-state index in [0.717, 1.165) is 15.8 Å². The molecule has 23 heavy (non-hydrogen) atoms. The van der Waals surface area contributed by atoms with Crippen LogP contribution in [0.15, 0.2) is 24.5 Å². The SMILES string of the molecule is CN(N)c1ncc(-c2ncc3cc(C4CCC4)sc3n2)cc1N. The molecule has 1 saturated carbocycles. The monoisotopic (exact) mass is 326 g/mol. The zero-order chi connectivity index (χ0) is 16.0. The number of rotatable bonds is 3. The topological polar surface area (TPSA) is 94.0 Å². The summed E-state index contributed by atoms with van der Waals surface area (Å²) in [5.41, 5.74) is 7.32. The number of thiophene rings is 1. The number of pyridine rings is 1. The molecule has 0 spiro atoms. The Kier molecular flexibility index (Phi) is 3.39. The summed E-state index contributed by atoms with van der Waals surface area (Å²) in [7, 11) is 1.70. The second-order valence-corrected chi connectivity index (χ2v) is 7.04. The number of hydrazine groups is 1. The van der Waals surface area contributed by atoms with Crippen molar-refractivity contribution in [1.82, 2.24) is 15.0 Å². The predicted octanol–water partition coefficient (Wildman–Crippen LogP) is 2.91. The van der Waals surface area contributed by atoms with E-state index in [0.29, 0.717) is 23.2 Å². The van der Waals surface area contributed by atoms with Gasteiger partial charge in [-0.1, -0.05) is 6.42 Å². The molecule has 0 unspecified atom stereocenters. The minimum absolute atomic E-state index is 0.512. The zero-order valence-electron chi connectivity index (χ0n) is 12.9. The predicted molar refractivity (Wildman–Crippen MR) is 94.2 cm³/mol. The van der Waals surface area contributed by atoms with Crippen LogP contribution in [0.4, 0.5) is 11.5 Å². The highest BCUT2D eigenvalue weighted by molar-refractivity contribution is 7.18. The van der Waals surface area contributed by atoms with E-state index in [4.69, 9.17) is 11.6 Å². The van der Waals surface area contributed by atoms with Gasteiger partial charge in [0.1, 0.15) is 4.83 Å². The van der Waals surface area contributed by atoms with Crippen LogP contribution >= 0.6 is 11.3 Å². The molecule has 3 heterocycles. The van der Waals surface area contributed by atoms with Crippen LogP contribution in [-0.4, -0.2) is 22.0 Å². The lowest BCUT2D eigenvalue weighted by atomic mass is 9.84. The van der Waals surface area contributed by atoms with Crippen molar-refractivity contribution in [3.63, 3.8) is 0 Å². The van der Waals surface area contributed by atoms with Gasteiger partial charge in [-0.3, -0.25) is 5.01 Å². The fraction of sp³-hybridized carbons (Fsp3) is 0.312. The molecular weight excluding hydrogens is 308 g/mol. The molecule has 0 atom stereocenters. The molecule has 4 rings (SSSR count). The average molecular weight is 326 g/mol. The van der Waals surface area contributed by atoms with Gasteiger partial charge in [-0.2, -0.15) is 0 Å². The van der Waals surface area contributed by atoms with Crippen LogP contribution in [0.3, 0.4) is 0 Å². The fourth-order valence-corrected chi connectivity index (χ4v) is 3.95. The Morgan fingerprint density at radius 1 is 1.22 bits per heavy atom. The maximum absolute atomic E-state index is 6.00. The molecule has 4 N–H and O–H groups in total. The first-order valence-electron chi connectivity index (χ1n) is 7.62. The number of nitrogens with zero attached hydrogens (tertiary/aromatic N) is 4. The molecule has 1 fully saturated rings. The van der Waals surface area contributed by atoms with Gasteiger partial charge in [-0.15, -0.1) is 11.3 Å². The van der Waals surface area contributed by atoms with Crippen LogP contribution in [0.25, 0.3) is 21.6 Å². The summed E-state index contributed by atoms with van der Waals surface area (Å²) in [5, 5.41) is 2.51. The van der Waals surface area contributed by atoms with Crippen molar-refractivity contribution in [1.29, 1.82) is 0 Å². The van der Waals surface area contributed by atoms with E-state index in [2.05, 4.69) is 21.0 Å². The van der Waals surface area contributed by atoms with Crippen molar-refractivity contribution < 1.29 is 0 Å². The average Bonchev–Trinajstić information content (AvgIpc) is 2.86. The third kappa shape index (κ3) is 2.51. The van der Waals surface area contributed by atoms with Crippen LogP contribution in [0, 0.1) is 0 Å². The van der Waals surface area contributed by atoms with Crippen LogP contribution in [-0.2, 0) is 0 Å². The minimum atomic E-state index is 0.512. The smallest absolute Gasteiger partial charge is 0.165 e. The summed E-state index contributed by atoms with van der Waals surface area (Å²) in [5.74, 6) is 7.59. The fourth-order valence-electron chi connectivity index (χ4n) is 2.78. The van der Waals surface area contributed by atoms with E-state index in [-0.39, 0.29) is 0 Å². The van der Waals surface area contributed by atoms with Crippen molar-refractivity contribution in [3.05, 3.63) is 29.4 Å². The van der Waals surface area contributed by atoms with Gasteiger partial charge in [0.2, 0.25) is 0 Å². The summed E-state index contributed by atoms with van der Waals surface area (Å²) >= 11 is 1.77. The van der Waals surface area contributed by atoms with Crippen LogP contribution in [0.2, 0.25) is 0 Å². The summed E-state index contributed by atoms with van der Waals surface area (Å²) in [6.45, 7) is 0. The van der Waals surface area contributed by atoms with E-state index in [1.807, 2.05) is 12.3 Å². The summed E-state index contributed by atoms with van der Waals surface area (Å²) in [4.78, 5) is 15.9. The van der Waals surface area contributed by atoms with Gasteiger partial charge in [0.15, 0.2) is 11.6 Å². The third-order valence-electron chi connectivity index (χ3n) is 4.29. The first-order valence-corrected chi connectivity index (χ1v) is 8.44. The molecule has 7 heteroatoms. The first-order chi connectivity index (χ1) is 11.1. The summed E-state index contributed by atoms with van der Waals surface area (Å²) in [6.07, 6.45) is 7.51. The molecule has 1 aliphatic carbocycles. The van der Waals surface area contributed by atoms with Gasteiger partial charge >= 0.3 is 0 Å². The Hall–Kier alpha value is -2.25. The van der Waals surface area contributed by atoms with E-state index in [1.54, 1.807) is 24.6 Å². The van der Waals surface area contributed by atoms with Crippen LogP contribution < -0.4 is 16.6 Å². The maximum Gasteiger partial charge on any atom is 0.165 e. The Morgan fingerprint density at radius 3 is 2.70 bits per heavy atom. The molecule has 118 valence electrons. The number of anilines is 2. The number of hydrogen-bond acceptors (Lipinski definition) is 7. The number of fused-ring (bicyclic) bond motifs is 1. The van der Waals surface area contributed by atoms with Crippen molar-refractivity contribution in [3.8, 4) is 11.4 Å². The Labute approximate surface area is 138 Å². The minimum Gasteiger partial charge on any atom is -0.396 e. The van der Waals surface area contributed by atoms with Gasteiger partial charge in [0.05, 0.1) is 5.69 Å². The number of aromatic nitrogens is 3. The summed E-state index contributed by atoms with van der Waals surface area (Å²) in [6, 6.07) is 4.04. The third-order valence-corrected chi connectivity index (χ3v) is 5.49. The second kappa shape index (κ2) is 5.43. The molecule has 0 aromatic carbocycles. The highest BCUT2D eigenvalue weighted by atomic mass is 32.1. The first kappa shape index (κ1) is 14.3. The summed E-state index contributed by atoms with van der Waals surface area (Å²) < 4.78 is 0.